The largest absolute Gasteiger partial charge is 0.383 e. The van der Waals surface area contributed by atoms with Crippen LogP contribution in [0, 0.1) is 5.82 Å². The normalized spacial score (nSPS) is 12.2. The Morgan fingerprint density at radius 3 is 2.65 bits per heavy atom. The molecular formula is C14H17FN4S. The first-order chi connectivity index (χ1) is 9.52. The van der Waals surface area contributed by atoms with Crippen molar-refractivity contribution in [1.29, 1.82) is 0 Å². The predicted octanol–water partition coefficient (Wildman–Crippen LogP) is 3.12. The average molecular weight is 292 g/mol. The summed E-state index contributed by atoms with van der Waals surface area (Å²) in [7, 11) is 1.86. The summed E-state index contributed by atoms with van der Waals surface area (Å²) in [4.78, 5) is 10.4. The quantitative estimate of drug-likeness (QED) is 0.693. The molecule has 1 unspecified atom stereocenters. The van der Waals surface area contributed by atoms with E-state index in [1.165, 1.54) is 17.8 Å². The summed E-state index contributed by atoms with van der Waals surface area (Å²) in [5, 5.41) is 0.604. The maximum absolute atomic E-state index is 13.9. The molecule has 0 saturated heterocycles. The highest BCUT2D eigenvalue weighted by atomic mass is 32.2. The maximum Gasteiger partial charge on any atom is 0.191 e. The van der Waals surface area contributed by atoms with Crippen LogP contribution in [0.1, 0.15) is 18.5 Å². The van der Waals surface area contributed by atoms with Crippen LogP contribution in [0.2, 0.25) is 0 Å². The van der Waals surface area contributed by atoms with Gasteiger partial charge >= 0.3 is 0 Å². The SMILES string of the molecule is CSc1nc(N)cc(N(C)C(C)c2ccccc2F)n1. The Hall–Kier alpha value is -1.82. The highest BCUT2D eigenvalue weighted by Gasteiger charge is 2.17. The van der Waals surface area contributed by atoms with Gasteiger partial charge in [-0.15, -0.1) is 0 Å². The van der Waals surface area contributed by atoms with Crippen LogP contribution in [0.15, 0.2) is 35.5 Å². The molecule has 1 aromatic heterocycles. The smallest absolute Gasteiger partial charge is 0.191 e. The minimum atomic E-state index is -0.223. The fraction of sp³-hybridized carbons (Fsp3) is 0.286. The van der Waals surface area contributed by atoms with Gasteiger partial charge in [0, 0.05) is 18.7 Å². The molecule has 4 nitrogen and oxygen atoms in total. The van der Waals surface area contributed by atoms with E-state index in [0.29, 0.717) is 22.4 Å². The van der Waals surface area contributed by atoms with Crippen LogP contribution in [0.25, 0.3) is 0 Å². The Bertz CT molecular complexity index is 605. The molecule has 106 valence electrons. The molecule has 0 amide bonds. The molecule has 0 radical (unpaired) electrons. The van der Waals surface area contributed by atoms with Gasteiger partial charge in [-0.05, 0) is 19.2 Å². The van der Waals surface area contributed by atoms with E-state index in [4.69, 9.17) is 5.73 Å². The number of aromatic nitrogens is 2. The van der Waals surface area contributed by atoms with Crippen LogP contribution in [-0.4, -0.2) is 23.3 Å². The van der Waals surface area contributed by atoms with Gasteiger partial charge in [0.15, 0.2) is 5.16 Å². The summed E-state index contributed by atoms with van der Waals surface area (Å²) in [5.41, 5.74) is 6.40. The van der Waals surface area contributed by atoms with Gasteiger partial charge in [-0.1, -0.05) is 30.0 Å². The number of halogens is 1. The first kappa shape index (κ1) is 14.6. The van der Waals surface area contributed by atoms with Crippen LogP contribution in [-0.2, 0) is 0 Å². The molecule has 20 heavy (non-hydrogen) atoms. The van der Waals surface area contributed by atoms with Crippen molar-refractivity contribution in [1.82, 2.24) is 9.97 Å². The molecule has 0 aliphatic rings. The molecule has 0 aliphatic carbocycles. The Morgan fingerprint density at radius 2 is 2.00 bits per heavy atom. The standard InChI is InChI=1S/C14H17FN4S/c1-9(10-6-4-5-7-11(10)15)19(2)13-8-12(16)17-14(18-13)20-3/h4-9H,1-3H3,(H2,16,17,18). The van der Waals surface area contributed by atoms with E-state index >= 15 is 0 Å². The molecule has 0 bridgehead atoms. The molecule has 0 aliphatic heterocycles. The molecule has 1 aromatic carbocycles. The number of anilines is 2. The first-order valence-corrected chi connectivity index (χ1v) is 7.41. The van der Waals surface area contributed by atoms with Crippen molar-refractivity contribution in [3.8, 4) is 0 Å². The minimum Gasteiger partial charge on any atom is -0.383 e. The predicted molar refractivity (Wildman–Crippen MR) is 81.4 cm³/mol. The number of nitrogens with two attached hydrogens (primary N) is 1. The second-order valence-electron chi connectivity index (χ2n) is 4.45. The van der Waals surface area contributed by atoms with Crippen molar-refractivity contribution in [3.63, 3.8) is 0 Å². The second kappa shape index (κ2) is 6.09. The monoisotopic (exact) mass is 292 g/mol. The lowest BCUT2D eigenvalue weighted by molar-refractivity contribution is 0.583. The first-order valence-electron chi connectivity index (χ1n) is 6.18. The summed E-state index contributed by atoms with van der Waals surface area (Å²) in [6, 6.07) is 8.28. The van der Waals surface area contributed by atoms with Crippen molar-refractivity contribution < 1.29 is 4.39 Å². The van der Waals surface area contributed by atoms with Gasteiger partial charge in [0.1, 0.15) is 17.5 Å². The molecule has 0 saturated carbocycles. The fourth-order valence-corrected chi connectivity index (χ4v) is 2.30. The van der Waals surface area contributed by atoms with Gasteiger partial charge in [0.2, 0.25) is 0 Å². The van der Waals surface area contributed by atoms with Gasteiger partial charge in [0.05, 0.1) is 6.04 Å². The molecule has 0 spiro atoms. The van der Waals surface area contributed by atoms with Crippen LogP contribution >= 0.6 is 11.8 Å². The van der Waals surface area contributed by atoms with Gasteiger partial charge < -0.3 is 10.6 Å². The van der Waals surface area contributed by atoms with Crippen molar-refractivity contribution in [3.05, 3.63) is 41.7 Å². The summed E-state index contributed by atoms with van der Waals surface area (Å²) < 4.78 is 13.9. The third-order valence-electron chi connectivity index (χ3n) is 3.19. The molecule has 6 heteroatoms. The van der Waals surface area contributed by atoms with E-state index in [9.17, 15) is 4.39 Å². The average Bonchev–Trinajstić information content (AvgIpc) is 2.45. The van der Waals surface area contributed by atoms with Crippen LogP contribution in [0.5, 0.6) is 0 Å². The third-order valence-corrected chi connectivity index (χ3v) is 3.74. The summed E-state index contributed by atoms with van der Waals surface area (Å²) in [6.45, 7) is 1.93. The number of nitrogen functional groups attached to an aromatic ring is 1. The number of thioether (sulfide) groups is 1. The highest BCUT2D eigenvalue weighted by molar-refractivity contribution is 7.98. The minimum absolute atomic E-state index is 0.153. The van der Waals surface area contributed by atoms with E-state index in [0.717, 1.165) is 0 Å². The Balaban J connectivity index is 2.33. The maximum atomic E-state index is 13.9. The van der Waals surface area contributed by atoms with Crippen LogP contribution < -0.4 is 10.6 Å². The highest BCUT2D eigenvalue weighted by Crippen LogP contribution is 2.27. The van der Waals surface area contributed by atoms with Gasteiger partial charge in [0.25, 0.3) is 0 Å². The Kier molecular flexibility index (Phi) is 4.44. The number of nitrogens with zero attached hydrogens (tertiary/aromatic N) is 3. The second-order valence-corrected chi connectivity index (χ2v) is 5.22. The number of hydrogen-bond acceptors (Lipinski definition) is 5. The van der Waals surface area contributed by atoms with Crippen molar-refractivity contribution in [2.75, 3.05) is 23.9 Å². The molecule has 1 atom stereocenters. The molecule has 2 rings (SSSR count). The van der Waals surface area contributed by atoms with E-state index < -0.39 is 0 Å². The topological polar surface area (TPSA) is 55.0 Å². The van der Waals surface area contributed by atoms with Gasteiger partial charge in [-0.25, -0.2) is 14.4 Å². The fourth-order valence-electron chi connectivity index (χ4n) is 1.92. The lowest BCUT2D eigenvalue weighted by Gasteiger charge is -2.27. The lowest BCUT2D eigenvalue weighted by Crippen LogP contribution is -2.24. The number of hydrogen-bond donors (Lipinski definition) is 1. The molecular weight excluding hydrogens is 275 g/mol. The van der Waals surface area contributed by atoms with Crippen LogP contribution in [0.4, 0.5) is 16.0 Å². The third kappa shape index (κ3) is 3.01. The molecule has 2 N–H and O–H groups in total. The van der Waals surface area contributed by atoms with Crippen molar-refractivity contribution in [2.24, 2.45) is 0 Å². The van der Waals surface area contributed by atoms with Gasteiger partial charge in [-0.2, -0.15) is 0 Å². The van der Waals surface area contributed by atoms with Crippen molar-refractivity contribution in [2.45, 2.75) is 18.1 Å². The summed E-state index contributed by atoms with van der Waals surface area (Å²) >= 11 is 1.42. The molecule has 1 heterocycles. The molecule has 2 aromatic rings. The van der Waals surface area contributed by atoms with Gasteiger partial charge in [-0.3, -0.25) is 0 Å². The van der Waals surface area contributed by atoms with E-state index in [1.807, 2.05) is 31.2 Å². The number of rotatable bonds is 4. The van der Waals surface area contributed by atoms with E-state index in [-0.39, 0.29) is 11.9 Å². The summed E-state index contributed by atoms with van der Waals surface area (Å²) in [5.74, 6) is 0.864. The lowest BCUT2D eigenvalue weighted by atomic mass is 10.1. The van der Waals surface area contributed by atoms with Crippen LogP contribution in [0.3, 0.4) is 0 Å². The Morgan fingerprint density at radius 1 is 1.30 bits per heavy atom. The molecule has 0 fully saturated rings. The summed E-state index contributed by atoms with van der Waals surface area (Å²) in [6.07, 6.45) is 1.89. The zero-order valence-electron chi connectivity index (χ0n) is 11.7. The number of benzene rings is 1. The zero-order chi connectivity index (χ0) is 14.7. The van der Waals surface area contributed by atoms with E-state index in [1.54, 1.807) is 18.2 Å². The zero-order valence-corrected chi connectivity index (χ0v) is 12.5. The Labute approximate surface area is 122 Å². The van der Waals surface area contributed by atoms with Crippen molar-refractivity contribution >= 4 is 23.4 Å². The van der Waals surface area contributed by atoms with E-state index in [2.05, 4.69) is 9.97 Å².